The molecule has 0 bridgehead atoms. The minimum absolute atomic E-state index is 0.289. The summed E-state index contributed by atoms with van der Waals surface area (Å²) in [6, 6.07) is 8.39. The number of oxazole rings is 1. The number of imidazole rings is 1. The van der Waals surface area contributed by atoms with Gasteiger partial charge in [0.15, 0.2) is 0 Å². The van der Waals surface area contributed by atoms with Gasteiger partial charge in [-0.25, -0.2) is 14.4 Å². The molecule has 4 aromatic rings. The molecule has 1 aliphatic rings. The highest BCUT2D eigenvalue weighted by atomic mass is 19.1. The first-order valence-electron chi connectivity index (χ1n) is 9.30. The normalized spacial score (nSPS) is 17.1. The van der Waals surface area contributed by atoms with Gasteiger partial charge in [-0.05, 0) is 49.7 Å². The maximum Gasteiger partial charge on any atom is 0.306 e. The SMILES string of the molecule is Fc1ccc(-c2nc3occn3c2-c2ccnc(N[C@H]3CCCNC3)n2)cc1. The molecule has 0 unspecified atom stereocenters. The highest BCUT2D eigenvalue weighted by Gasteiger charge is 2.20. The van der Waals surface area contributed by atoms with Gasteiger partial charge >= 0.3 is 5.84 Å². The van der Waals surface area contributed by atoms with Crippen LogP contribution in [0.2, 0.25) is 0 Å². The average Bonchev–Trinajstić information content (AvgIpc) is 3.31. The van der Waals surface area contributed by atoms with Gasteiger partial charge in [0.25, 0.3) is 0 Å². The van der Waals surface area contributed by atoms with Gasteiger partial charge in [0, 0.05) is 30.5 Å². The zero-order valence-electron chi connectivity index (χ0n) is 15.1. The molecule has 142 valence electrons. The first-order chi connectivity index (χ1) is 13.8. The fourth-order valence-electron chi connectivity index (χ4n) is 3.56. The highest BCUT2D eigenvalue weighted by Crippen LogP contribution is 2.32. The molecule has 1 aromatic carbocycles. The van der Waals surface area contributed by atoms with Gasteiger partial charge in [-0.1, -0.05) is 0 Å². The Labute approximate surface area is 160 Å². The van der Waals surface area contributed by atoms with Crippen LogP contribution < -0.4 is 10.6 Å². The second-order valence-corrected chi connectivity index (χ2v) is 6.82. The predicted molar refractivity (Wildman–Crippen MR) is 103 cm³/mol. The van der Waals surface area contributed by atoms with Crippen LogP contribution in [0, 0.1) is 5.82 Å². The number of fused-ring (bicyclic) bond motifs is 1. The molecule has 28 heavy (non-hydrogen) atoms. The zero-order chi connectivity index (χ0) is 18.9. The second-order valence-electron chi connectivity index (χ2n) is 6.82. The number of anilines is 1. The van der Waals surface area contributed by atoms with Crippen LogP contribution in [0.3, 0.4) is 0 Å². The van der Waals surface area contributed by atoms with Crippen molar-refractivity contribution in [1.82, 2.24) is 24.7 Å². The molecule has 8 heteroatoms. The second kappa shape index (κ2) is 7.05. The van der Waals surface area contributed by atoms with Crippen LogP contribution in [-0.4, -0.2) is 38.5 Å². The number of nitrogens with one attached hydrogen (secondary N) is 2. The van der Waals surface area contributed by atoms with Gasteiger partial charge in [-0.3, -0.25) is 4.40 Å². The maximum atomic E-state index is 13.4. The summed E-state index contributed by atoms with van der Waals surface area (Å²) in [5.41, 5.74) is 2.97. The van der Waals surface area contributed by atoms with Crippen molar-refractivity contribution in [3.63, 3.8) is 0 Å². The maximum absolute atomic E-state index is 13.4. The first-order valence-corrected chi connectivity index (χ1v) is 9.30. The molecule has 3 aromatic heterocycles. The summed E-state index contributed by atoms with van der Waals surface area (Å²) in [7, 11) is 0. The summed E-state index contributed by atoms with van der Waals surface area (Å²) in [4.78, 5) is 13.7. The fraction of sp³-hybridized carbons (Fsp3) is 0.250. The topological polar surface area (TPSA) is 80.3 Å². The standard InChI is InChI=1S/C20H19FN6O/c21-14-5-3-13(4-6-14)17-18(27-10-11-28-20(27)26-17)16-7-9-23-19(25-16)24-15-2-1-8-22-12-15/h3-7,9-11,15,22H,1-2,8,12H2,(H,23,24,25)/t15-/m0/s1. The lowest BCUT2D eigenvalue weighted by Crippen LogP contribution is -2.38. The van der Waals surface area contributed by atoms with Gasteiger partial charge in [0.2, 0.25) is 5.95 Å². The predicted octanol–water partition coefficient (Wildman–Crippen LogP) is 3.35. The van der Waals surface area contributed by atoms with E-state index in [1.54, 1.807) is 30.8 Å². The Kier molecular flexibility index (Phi) is 4.25. The van der Waals surface area contributed by atoms with Crippen molar-refractivity contribution < 1.29 is 8.81 Å². The van der Waals surface area contributed by atoms with Crippen molar-refractivity contribution in [3.8, 4) is 22.6 Å². The Bertz CT molecular complexity index is 1100. The summed E-state index contributed by atoms with van der Waals surface area (Å²) in [6.45, 7) is 1.95. The van der Waals surface area contributed by atoms with Gasteiger partial charge in [-0.2, -0.15) is 4.98 Å². The molecule has 1 aliphatic heterocycles. The van der Waals surface area contributed by atoms with Crippen LogP contribution in [0.15, 0.2) is 53.4 Å². The molecule has 0 spiro atoms. The molecule has 5 rings (SSSR count). The smallest absolute Gasteiger partial charge is 0.306 e. The number of hydrogen-bond donors (Lipinski definition) is 2. The molecular formula is C20H19FN6O. The van der Waals surface area contributed by atoms with Crippen LogP contribution in [0.1, 0.15) is 12.8 Å². The lowest BCUT2D eigenvalue weighted by atomic mass is 10.1. The lowest BCUT2D eigenvalue weighted by Gasteiger charge is -2.23. The van der Waals surface area contributed by atoms with Gasteiger partial charge < -0.3 is 15.1 Å². The molecular weight excluding hydrogens is 359 g/mol. The van der Waals surface area contributed by atoms with E-state index in [2.05, 4.69) is 20.6 Å². The van der Waals surface area contributed by atoms with E-state index < -0.39 is 0 Å². The molecule has 0 radical (unpaired) electrons. The van der Waals surface area contributed by atoms with Crippen LogP contribution >= 0.6 is 0 Å². The monoisotopic (exact) mass is 378 g/mol. The van der Waals surface area contributed by atoms with E-state index in [-0.39, 0.29) is 5.82 Å². The van der Waals surface area contributed by atoms with Crippen LogP contribution in [0.5, 0.6) is 0 Å². The van der Waals surface area contributed by atoms with Crippen LogP contribution in [0.25, 0.3) is 28.5 Å². The number of halogens is 1. The van der Waals surface area contributed by atoms with Gasteiger partial charge in [0.1, 0.15) is 23.5 Å². The highest BCUT2D eigenvalue weighted by molar-refractivity contribution is 5.79. The van der Waals surface area contributed by atoms with E-state index in [4.69, 9.17) is 9.40 Å². The summed E-state index contributed by atoms with van der Waals surface area (Å²) >= 11 is 0. The van der Waals surface area contributed by atoms with Crippen molar-refractivity contribution in [2.24, 2.45) is 0 Å². The molecule has 0 amide bonds. The van der Waals surface area contributed by atoms with E-state index in [1.807, 2.05) is 10.5 Å². The van der Waals surface area contributed by atoms with Crippen molar-refractivity contribution in [3.05, 3.63) is 54.8 Å². The van der Waals surface area contributed by atoms with E-state index in [1.165, 1.54) is 12.1 Å². The summed E-state index contributed by atoms with van der Waals surface area (Å²) in [5, 5.41) is 6.78. The molecule has 0 aliphatic carbocycles. The number of rotatable bonds is 4. The van der Waals surface area contributed by atoms with Crippen molar-refractivity contribution in [1.29, 1.82) is 0 Å². The lowest BCUT2D eigenvalue weighted by molar-refractivity contribution is 0.478. The number of nitrogens with zero attached hydrogens (tertiary/aromatic N) is 4. The third kappa shape index (κ3) is 3.11. The number of aromatic nitrogens is 4. The van der Waals surface area contributed by atoms with Gasteiger partial charge in [-0.15, -0.1) is 0 Å². The van der Waals surface area contributed by atoms with Crippen molar-refractivity contribution >= 4 is 11.8 Å². The molecule has 7 nitrogen and oxygen atoms in total. The Morgan fingerprint density at radius 2 is 2.07 bits per heavy atom. The summed E-state index contributed by atoms with van der Waals surface area (Å²) in [5.74, 6) is 0.747. The average molecular weight is 378 g/mol. The number of benzene rings is 1. The zero-order valence-corrected chi connectivity index (χ0v) is 15.1. The largest absolute Gasteiger partial charge is 0.432 e. The molecule has 4 heterocycles. The molecule has 1 saturated heterocycles. The molecule has 1 fully saturated rings. The van der Waals surface area contributed by atoms with E-state index >= 15 is 0 Å². The number of hydrogen-bond acceptors (Lipinski definition) is 6. The molecule has 1 atom stereocenters. The van der Waals surface area contributed by atoms with E-state index in [9.17, 15) is 4.39 Å². The van der Waals surface area contributed by atoms with E-state index in [0.29, 0.717) is 23.5 Å². The minimum atomic E-state index is -0.289. The third-order valence-corrected chi connectivity index (χ3v) is 4.91. The number of piperidine rings is 1. The minimum Gasteiger partial charge on any atom is -0.432 e. The first kappa shape index (κ1) is 16.9. The fourth-order valence-corrected chi connectivity index (χ4v) is 3.56. The molecule has 2 N–H and O–H groups in total. The van der Waals surface area contributed by atoms with Crippen molar-refractivity contribution in [2.45, 2.75) is 18.9 Å². The Morgan fingerprint density at radius 3 is 2.89 bits per heavy atom. The Hall–Kier alpha value is -3.26. The molecule has 0 saturated carbocycles. The summed E-state index contributed by atoms with van der Waals surface area (Å²) in [6.07, 6.45) is 7.32. The Balaban J connectivity index is 1.57. The Morgan fingerprint density at radius 1 is 1.18 bits per heavy atom. The third-order valence-electron chi connectivity index (χ3n) is 4.91. The quantitative estimate of drug-likeness (QED) is 0.567. The van der Waals surface area contributed by atoms with E-state index in [0.717, 1.165) is 42.9 Å². The van der Waals surface area contributed by atoms with Crippen LogP contribution in [0.4, 0.5) is 10.3 Å². The van der Waals surface area contributed by atoms with Crippen molar-refractivity contribution in [2.75, 3.05) is 18.4 Å². The van der Waals surface area contributed by atoms with Gasteiger partial charge in [0.05, 0.1) is 5.69 Å². The summed E-state index contributed by atoms with van der Waals surface area (Å²) < 4.78 is 20.7. The van der Waals surface area contributed by atoms with Crippen LogP contribution in [-0.2, 0) is 0 Å².